The molecule has 0 aromatic carbocycles. The molecule has 108 valence electrons. The first-order valence-electron chi connectivity index (χ1n) is 6.57. The standard InChI is InChI=1S/C12H21N3O3S/c1-9-6-13(2)4-3-5-14(9)12(18)15-8-19-7-10(15)11(16)17/h9-10H,3-8H2,1-2H3,(H,16,17). The highest BCUT2D eigenvalue weighted by molar-refractivity contribution is 7.99. The minimum Gasteiger partial charge on any atom is -0.480 e. The van der Waals surface area contributed by atoms with Crippen LogP contribution in [0.1, 0.15) is 13.3 Å². The van der Waals surface area contributed by atoms with Gasteiger partial charge in [0.2, 0.25) is 0 Å². The van der Waals surface area contributed by atoms with Crippen LogP contribution in [0.15, 0.2) is 0 Å². The number of amides is 2. The molecule has 2 saturated heterocycles. The Bertz CT molecular complexity index is 366. The van der Waals surface area contributed by atoms with Crippen LogP contribution in [-0.4, -0.2) is 82.2 Å². The minimum atomic E-state index is -0.905. The maximum atomic E-state index is 12.5. The zero-order valence-electron chi connectivity index (χ0n) is 11.4. The Labute approximate surface area is 117 Å². The zero-order chi connectivity index (χ0) is 14.0. The molecule has 2 heterocycles. The van der Waals surface area contributed by atoms with Crippen molar-refractivity contribution in [1.82, 2.24) is 14.7 Å². The van der Waals surface area contributed by atoms with Crippen molar-refractivity contribution in [3.8, 4) is 0 Å². The first-order valence-corrected chi connectivity index (χ1v) is 7.72. The Hall–Kier alpha value is -0.950. The van der Waals surface area contributed by atoms with E-state index in [1.807, 2.05) is 11.8 Å². The van der Waals surface area contributed by atoms with Crippen LogP contribution in [0.25, 0.3) is 0 Å². The molecule has 2 fully saturated rings. The number of nitrogens with zero attached hydrogens (tertiary/aromatic N) is 3. The summed E-state index contributed by atoms with van der Waals surface area (Å²) in [4.78, 5) is 29.2. The first kappa shape index (κ1) is 14.5. The third-order valence-corrected chi connectivity index (χ3v) is 4.72. The maximum absolute atomic E-state index is 12.5. The van der Waals surface area contributed by atoms with Crippen molar-refractivity contribution >= 4 is 23.8 Å². The van der Waals surface area contributed by atoms with Crippen molar-refractivity contribution in [1.29, 1.82) is 0 Å². The summed E-state index contributed by atoms with van der Waals surface area (Å²) >= 11 is 1.51. The molecule has 2 rings (SSSR count). The lowest BCUT2D eigenvalue weighted by Crippen LogP contribution is -2.52. The SMILES string of the molecule is CC1CN(C)CCCN1C(=O)N1CSCC1C(=O)O. The highest BCUT2D eigenvalue weighted by Gasteiger charge is 2.38. The molecule has 0 bridgehead atoms. The van der Waals surface area contributed by atoms with E-state index in [1.165, 1.54) is 16.7 Å². The predicted molar refractivity (Wildman–Crippen MR) is 74.3 cm³/mol. The second-order valence-electron chi connectivity index (χ2n) is 5.26. The molecule has 2 atom stereocenters. The molecule has 2 aliphatic rings. The van der Waals surface area contributed by atoms with E-state index < -0.39 is 12.0 Å². The van der Waals surface area contributed by atoms with E-state index in [-0.39, 0.29) is 12.1 Å². The summed E-state index contributed by atoms with van der Waals surface area (Å²) in [5.41, 5.74) is 0. The molecular weight excluding hydrogens is 266 g/mol. The van der Waals surface area contributed by atoms with Gasteiger partial charge in [0.05, 0.1) is 5.88 Å². The average Bonchev–Trinajstić information content (AvgIpc) is 2.76. The summed E-state index contributed by atoms with van der Waals surface area (Å²) < 4.78 is 0. The number of rotatable bonds is 1. The van der Waals surface area contributed by atoms with E-state index in [0.717, 1.165) is 19.5 Å². The number of carboxylic acid groups (broad SMARTS) is 1. The fraction of sp³-hybridized carbons (Fsp3) is 0.833. The molecule has 2 aliphatic heterocycles. The Morgan fingerprint density at radius 1 is 1.26 bits per heavy atom. The summed E-state index contributed by atoms with van der Waals surface area (Å²) in [6, 6.07) is -0.675. The molecule has 0 aromatic heterocycles. The van der Waals surface area contributed by atoms with Crippen LogP contribution in [0.2, 0.25) is 0 Å². The van der Waals surface area contributed by atoms with Crippen molar-refractivity contribution in [3.63, 3.8) is 0 Å². The van der Waals surface area contributed by atoms with E-state index in [1.54, 1.807) is 0 Å². The molecule has 0 radical (unpaired) electrons. The van der Waals surface area contributed by atoms with Crippen LogP contribution in [0.3, 0.4) is 0 Å². The number of thioether (sulfide) groups is 1. The third kappa shape index (κ3) is 3.14. The molecule has 19 heavy (non-hydrogen) atoms. The van der Waals surface area contributed by atoms with Gasteiger partial charge < -0.3 is 19.8 Å². The van der Waals surface area contributed by atoms with Gasteiger partial charge in [-0.15, -0.1) is 11.8 Å². The summed E-state index contributed by atoms with van der Waals surface area (Å²) in [5.74, 6) is 0.0656. The molecule has 0 saturated carbocycles. The van der Waals surface area contributed by atoms with E-state index in [2.05, 4.69) is 11.9 Å². The first-order chi connectivity index (χ1) is 9.00. The maximum Gasteiger partial charge on any atom is 0.327 e. The molecular formula is C12H21N3O3S. The predicted octanol–water partition coefficient (Wildman–Crippen LogP) is 0.592. The number of hydrogen-bond donors (Lipinski definition) is 1. The topological polar surface area (TPSA) is 64.1 Å². The van der Waals surface area contributed by atoms with Crippen LogP contribution >= 0.6 is 11.8 Å². The molecule has 0 aliphatic carbocycles. The smallest absolute Gasteiger partial charge is 0.327 e. The molecule has 6 nitrogen and oxygen atoms in total. The number of urea groups is 1. The number of likely N-dealkylation sites (N-methyl/N-ethyl adjacent to an activating group) is 1. The van der Waals surface area contributed by atoms with Gasteiger partial charge >= 0.3 is 12.0 Å². The van der Waals surface area contributed by atoms with Crippen molar-refractivity contribution in [2.45, 2.75) is 25.4 Å². The van der Waals surface area contributed by atoms with Crippen molar-refractivity contribution in [2.24, 2.45) is 0 Å². The highest BCUT2D eigenvalue weighted by atomic mass is 32.2. The van der Waals surface area contributed by atoms with Gasteiger partial charge in [-0.25, -0.2) is 9.59 Å². The second-order valence-corrected chi connectivity index (χ2v) is 6.26. The van der Waals surface area contributed by atoms with Crippen molar-refractivity contribution in [2.75, 3.05) is 38.3 Å². The fourth-order valence-corrected chi connectivity index (χ4v) is 3.80. The van der Waals surface area contributed by atoms with Gasteiger partial charge in [0.1, 0.15) is 6.04 Å². The Morgan fingerprint density at radius 2 is 2.00 bits per heavy atom. The summed E-state index contributed by atoms with van der Waals surface area (Å²) in [6.45, 7) is 4.55. The quantitative estimate of drug-likeness (QED) is 0.765. The van der Waals surface area contributed by atoms with E-state index >= 15 is 0 Å². The third-order valence-electron chi connectivity index (χ3n) is 3.71. The van der Waals surface area contributed by atoms with Gasteiger partial charge in [0.25, 0.3) is 0 Å². The van der Waals surface area contributed by atoms with Gasteiger partial charge in [-0.3, -0.25) is 0 Å². The summed E-state index contributed by atoms with van der Waals surface area (Å²) in [6.07, 6.45) is 0.936. The highest BCUT2D eigenvalue weighted by Crippen LogP contribution is 2.24. The van der Waals surface area contributed by atoms with Gasteiger partial charge in [-0.1, -0.05) is 0 Å². The van der Waals surface area contributed by atoms with Crippen molar-refractivity contribution < 1.29 is 14.7 Å². The lowest BCUT2D eigenvalue weighted by Gasteiger charge is -2.33. The zero-order valence-corrected chi connectivity index (χ0v) is 12.2. The van der Waals surface area contributed by atoms with Crippen LogP contribution in [-0.2, 0) is 4.79 Å². The molecule has 0 spiro atoms. The van der Waals surface area contributed by atoms with Crippen LogP contribution in [0.5, 0.6) is 0 Å². The minimum absolute atomic E-state index is 0.125. The lowest BCUT2D eigenvalue weighted by molar-refractivity contribution is -0.141. The van der Waals surface area contributed by atoms with Crippen LogP contribution in [0.4, 0.5) is 4.79 Å². The molecule has 0 aromatic rings. The second kappa shape index (κ2) is 6.00. The Balaban J connectivity index is 2.07. The van der Waals surface area contributed by atoms with Gasteiger partial charge in [-0.2, -0.15) is 0 Å². The fourth-order valence-electron chi connectivity index (χ4n) is 2.66. The summed E-state index contributed by atoms with van der Waals surface area (Å²) in [7, 11) is 2.05. The lowest BCUT2D eigenvalue weighted by atomic mass is 10.2. The van der Waals surface area contributed by atoms with E-state index in [0.29, 0.717) is 18.2 Å². The Kier molecular flexibility index (Phi) is 4.57. The largest absolute Gasteiger partial charge is 0.480 e. The molecule has 2 amide bonds. The number of aliphatic carboxylic acids is 1. The van der Waals surface area contributed by atoms with Crippen LogP contribution in [0, 0.1) is 0 Å². The molecule has 7 heteroatoms. The van der Waals surface area contributed by atoms with Gasteiger partial charge in [0, 0.05) is 24.9 Å². The molecule has 1 N–H and O–H groups in total. The number of carboxylic acids is 1. The number of carbonyl (C=O) groups is 2. The van der Waals surface area contributed by atoms with Crippen LogP contribution < -0.4 is 0 Å². The molecule has 2 unspecified atom stereocenters. The monoisotopic (exact) mass is 287 g/mol. The number of hydrogen-bond acceptors (Lipinski definition) is 4. The van der Waals surface area contributed by atoms with E-state index in [9.17, 15) is 9.59 Å². The van der Waals surface area contributed by atoms with E-state index in [4.69, 9.17) is 5.11 Å². The normalized spacial score (nSPS) is 29.4. The van der Waals surface area contributed by atoms with Gasteiger partial charge in [-0.05, 0) is 26.9 Å². The average molecular weight is 287 g/mol. The Morgan fingerprint density at radius 3 is 2.68 bits per heavy atom. The summed E-state index contributed by atoms with van der Waals surface area (Å²) in [5, 5.41) is 9.16. The van der Waals surface area contributed by atoms with Crippen molar-refractivity contribution in [3.05, 3.63) is 0 Å². The number of carbonyl (C=O) groups excluding carboxylic acids is 1. The van der Waals surface area contributed by atoms with Gasteiger partial charge in [0.15, 0.2) is 0 Å².